The lowest BCUT2D eigenvalue weighted by Crippen LogP contribution is -2.23. The second kappa shape index (κ2) is 7.22. The van der Waals surface area contributed by atoms with Gasteiger partial charge in [-0.1, -0.05) is 13.0 Å². The van der Waals surface area contributed by atoms with Crippen LogP contribution >= 0.6 is 11.3 Å². The fraction of sp³-hybridized carbons (Fsp3) is 0.429. The van der Waals surface area contributed by atoms with Crippen LogP contribution in [0.25, 0.3) is 0 Å². The van der Waals surface area contributed by atoms with Gasteiger partial charge in [-0.15, -0.1) is 11.3 Å². The summed E-state index contributed by atoms with van der Waals surface area (Å²) in [5, 5.41) is 5.11. The number of hydrogen-bond donors (Lipinski definition) is 2. The molecule has 7 heteroatoms. The van der Waals surface area contributed by atoms with Crippen molar-refractivity contribution in [3.63, 3.8) is 0 Å². The molecule has 0 unspecified atom stereocenters. The normalized spacial score (nSPS) is 11.9. The van der Waals surface area contributed by atoms with E-state index in [-0.39, 0.29) is 4.90 Å². The maximum Gasteiger partial charge on any atom is 0.244 e. The van der Waals surface area contributed by atoms with E-state index in [4.69, 9.17) is 4.42 Å². The molecule has 2 aromatic rings. The SMILES string of the molecule is CCCNCc1cc(S(=O)(=O)NCc2cccs2)c(C)o1. The van der Waals surface area contributed by atoms with Crippen molar-refractivity contribution in [2.45, 2.75) is 38.3 Å². The van der Waals surface area contributed by atoms with Gasteiger partial charge in [-0.2, -0.15) is 0 Å². The molecule has 0 saturated carbocycles. The summed E-state index contributed by atoms with van der Waals surface area (Å²) in [6.07, 6.45) is 1.02. The van der Waals surface area contributed by atoms with E-state index in [9.17, 15) is 8.42 Å². The van der Waals surface area contributed by atoms with Crippen LogP contribution in [0.15, 0.2) is 32.9 Å². The third-order valence-corrected chi connectivity index (χ3v) is 5.34. The van der Waals surface area contributed by atoms with Gasteiger partial charge in [-0.25, -0.2) is 13.1 Å². The molecule has 0 aromatic carbocycles. The summed E-state index contributed by atoms with van der Waals surface area (Å²) in [6.45, 7) is 5.45. The number of furan rings is 1. The first-order valence-electron chi connectivity index (χ1n) is 6.85. The average Bonchev–Trinajstić information content (AvgIpc) is 3.07. The fourth-order valence-electron chi connectivity index (χ4n) is 1.92. The van der Waals surface area contributed by atoms with Crippen LogP contribution in [0.4, 0.5) is 0 Å². The molecule has 0 spiro atoms. The zero-order valence-electron chi connectivity index (χ0n) is 12.2. The minimum absolute atomic E-state index is 0.215. The molecule has 21 heavy (non-hydrogen) atoms. The molecule has 2 N–H and O–H groups in total. The van der Waals surface area contributed by atoms with Crippen LogP contribution in [0, 0.1) is 6.92 Å². The maximum absolute atomic E-state index is 12.3. The van der Waals surface area contributed by atoms with Gasteiger partial charge in [0.1, 0.15) is 16.4 Å². The van der Waals surface area contributed by atoms with Gasteiger partial charge in [0.15, 0.2) is 0 Å². The number of hydrogen-bond acceptors (Lipinski definition) is 5. The summed E-state index contributed by atoms with van der Waals surface area (Å²) in [6, 6.07) is 5.39. The standard InChI is InChI=1S/C14H20N2O3S2/c1-3-6-15-9-12-8-14(11(2)19-12)21(17,18)16-10-13-5-4-7-20-13/h4-5,7-8,15-16H,3,6,9-10H2,1-2H3. The topological polar surface area (TPSA) is 71.3 Å². The third-order valence-electron chi connectivity index (χ3n) is 2.96. The molecule has 2 heterocycles. The molecule has 0 radical (unpaired) electrons. The van der Waals surface area contributed by atoms with Gasteiger partial charge in [0.25, 0.3) is 0 Å². The van der Waals surface area contributed by atoms with Crippen molar-refractivity contribution in [2.24, 2.45) is 0 Å². The largest absolute Gasteiger partial charge is 0.464 e. The van der Waals surface area contributed by atoms with Crippen molar-refractivity contribution in [1.82, 2.24) is 10.0 Å². The first kappa shape index (κ1) is 16.2. The summed E-state index contributed by atoms with van der Waals surface area (Å²) >= 11 is 1.52. The Labute approximate surface area is 129 Å². The van der Waals surface area contributed by atoms with Crippen LogP contribution in [-0.2, 0) is 23.1 Å². The summed E-state index contributed by atoms with van der Waals surface area (Å²) in [5.41, 5.74) is 0. The lowest BCUT2D eigenvalue weighted by molar-refractivity contribution is 0.457. The summed E-state index contributed by atoms with van der Waals surface area (Å²) in [4.78, 5) is 1.19. The van der Waals surface area contributed by atoms with Crippen LogP contribution in [0.5, 0.6) is 0 Å². The molecule has 0 fully saturated rings. The van der Waals surface area contributed by atoms with Gasteiger partial charge in [-0.05, 0) is 31.3 Å². The Morgan fingerprint density at radius 2 is 2.14 bits per heavy atom. The Hall–Kier alpha value is -1.15. The molecule has 116 valence electrons. The van der Waals surface area contributed by atoms with E-state index in [0.717, 1.165) is 17.8 Å². The number of thiophene rings is 1. The van der Waals surface area contributed by atoms with Crippen molar-refractivity contribution in [3.8, 4) is 0 Å². The molecule has 0 saturated heterocycles. The molecular formula is C14H20N2O3S2. The lowest BCUT2D eigenvalue weighted by atomic mass is 10.4. The highest BCUT2D eigenvalue weighted by atomic mass is 32.2. The van der Waals surface area contributed by atoms with Crippen molar-refractivity contribution in [1.29, 1.82) is 0 Å². The van der Waals surface area contributed by atoms with E-state index in [2.05, 4.69) is 17.0 Å². The van der Waals surface area contributed by atoms with E-state index in [1.54, 1.807) is 13.0 Å². The Morgan fingerprint density at radius 1 is 1.33 bits per heavy atom. The van der Waals surface area contributed by atoms with Gasteiger partial charge < -0.3 is 9.73 Å². The number of nitrogens with one attached hydrogen (secondary N) is 2. The van der Waals surface area contributed by atoms with Gasteiger partial charge in [0.2, 0.25) is 10.0 Å². The summed E-state index contributed by atoms with van der Waals surface area (Å²) in [5.74, 6) is 1.06. The first-order chi connectivity index (χ1) is 10.0. The van der Waals surface area contributed by atoms with Crippen molar-refractivity contribution < 1.29 is 12.8 Å². The molecular weight excluding hydrogens is 308 g/mol. The van der Waals surface area contributed by atoms with E-state index < -0.39 is 10.0 Å². The van der Waals surface area contributed by atoms with Gasteiger partial charge in [-0.3, -0.25) is 0 Å². The monoisotopic (exact) mass is 328 g/mol. The van der Waals surface area contributed by atoms with E-state index in [0.29, 0.717) is 24.6 Å². The first-order valence-corrected chi connectivity index (χ1v) is 9.21. The minimum Gasteiger partial charge on any atom is -0.464 e. The third kappa shape index (κ3) is 4.41. The highest BCUT2D eigenvalue weighted by Crippen LogP contribution is 2.20. The summed E-state index contributed by atoms with van der Waals surface area (Å²) < 4.78 is 32.7. The zero-order chi connectivity index (χ0) is 15.3. The minimum atomic E-state index is -3.54. The maximum atomic E-state index is 12.3. The van der Waals surface area contributed by atoms with E-state index >= 15 is 0 Å². The smallest absolute Gasteiger partial charge is 0.244 e. The molecule has 0 aliphatic carbocycles. The van der Waals surface area contributed by atoms with Crippen LogP contribution in [0.1, 0.15) is 29.7 Å². The van der Waals surface area contributed by atoms with E-state index in [1.807, 2.05) is 17.5 Å². The Morgan fingerprint density at radius 3 is 2.81 bits per heavy atom. The molecule has 0 bridgehead atoms. The number of aryl methyl sites for hydroxylation is 1. The molecule has 5 nitrogen and oxygen atoms in total. The Kier molecular flexibility index (Phi) is 5.58. The van der Waals surface area contributed by atoms with Gasteiger partial charge in [0.05, 0.1) is 6.54 Å². The lowest BCUT2D eigenvalue weighted by Gasteiger charge is -2.03. The number of rotatable bonds is 8. The Balaban J connectivity index is 2.05. The molecule has 0 amide bonds. The van der Waals surface area contributed by atoms with Crippen LogP contribution in [-0.4, -0.2) is 15.0 Å². The molecule has 2 rings (SSSR count). The predicted octanol–water partition coefficient (Wildman–Crippen LogP) is 2.63. The Bertz CT molecular complexity index is 660. The second-order valence-electron chi connectivity index (χ2n) is 4.71. The highest BCUT2D eigenvalue weighted by molar-refractivity contribution is 7.89. The van der Waals surface area contributed by atoms with Gasteiger partial charge in [0, 0.05) is 17.5 Å². The van der Waals surface area contributed by atoms with Crippen LogP contribution in [0.2, 0.25) is 0 Å². The molecule has 2 aromatic heterocycles. The van der Waals surface area contributed by atoms with Crippen molar-refractivity contribution in [3.05, 3.63) is 40.0 Å². The quantitative estimate of drug-likeness (QED) is 0.731. The second-order valence-corrected chi connectivity index (χ2v) is 7.48. The fourth-order valence-corrected chi connectivity index (χ4v) is 3.87. The predicted molar refractivity (Wildman–Crippen MR) is 83.8 cm³/mol. The molecule has 0 aliphatic rings. The van der Waals surface area contributed by atoms with Crippen molar-refractivity contribution >= 4 is 21.4 Å². The van der Waals surface area contributed by atoms with E-state index in [1.165, 1.54) is 11.3 Å². The van der Waals surface area contributed by atoms with Gasteiger partial charge >= 0.3 is 0 Å². The van der Waals surface area contributed by atoms with Crippen LogP contribution < -0.4 is 10.0 Å². The average molecular weight is 328 g/mol. The van der Waals surface area contributed by atoms with Crippen LogP contribution in [0.3, 0.4) is 0 Å². The summed E-state index contributed by atoms with van der Waals surface area (Å²) in [7, 11) is -3.54. The number of sulfonamides is 1. The molecule has 0 atom stereocenters. The highest BCUT2D eigenvalue weighted by Gasteiger charge is 2.21. The van der Waals surface area contributed by atoms with Crippen molar-refractivity contribution in [2.75, 3.05) is 6.54 Å². The molecule has 0 aliphatic heterocycles. The zero-order valence-corrected chi connectivity index (χ0v) is 13.8.